The summed E-state index contributed by atoms with van der Waals surface area (Å²) in [5, 5.41) is 4.31. The number of rotatable bonds is 5. The van der Waals surface area contributed by atoms with Crippen molar-refractivity contribution in [2.24, 2.45) is 0 Å². The van der Waals surface area contributed by atoms with E-state index in [9.17, 15) is 0 Å². The van der Waals surface area contributed by atoms with Crippen molar-refractivity contribution in [2.75, 3.05) is 0 Å². The SMILES string of the molecule is CC(C)Oc1ccc(-c2nc3ccccc3[nH]2)cc1Cn1cccn1. The van der Waals surface area contributed by atoms with Gasteiger partial charge in [-0.05, 0) is 50.2 Å². The van der Waals surface area contributed by atoms with Crippen molar-refractivity contribution in [3.63, 3.8) is 0 Å². The van der Waals surface area contributed by atoms with Gasteiger partial charge in [0, 0.05) is 23.5 Å². The number of nitrogens with zero attached hydrogens (tertiary/aromatic N) is 3. The van der Waals surface area contributed by atoms with E-state index in [1.54, 1.807) is 6.20 Å². The number of fused-ring (bicyclic) bond motifs is 1. The van der Waals surface area contributed by atoms with E-state index in [0.717, 1.165) is 33.7 Å². The van der Waals surface area contributed by atoms with Gasteiger partial charge in [0.1, 0.15) is 11.6 Å². The van der Waals surface area contributed by atoms with E-state index in [-0.39, 0.29) is 6.10 Å². The van der Waals surface area contributed by atoms with Crippen LogP contribution in [0.4, 0.5) is 0 Å². The number of hydrogen-bond acceptors (Lipinski definition) is 3. The lowest BCUT2D eigenvalue weighted by Crippen LogP contribution is -2.09. The molecule has 0 unspecified atom stereocenters. The molecular formula is C20H20N4O. The Morgan fingerprint density at radius 1 is 1.12 bits per heavy atom. The number of para-hydroxylation sites is 2. The molecule has 0 aliphatic carbocycles. The molecule has 0 fully saturated rings. The van der Waals surface area contributed by atoms with Crippen molar-refractivity contribution in [1.29, 1.82) is 0 Å². The molecule has 0 atom stereocenters. The van der Waals surface area contributed by atoms with Crippen LogP contribution in [0.5, 0.6) is 5.75 Å². The minimum absolute atomic E-state index is 0.119. The first kappa shape index (κ1) is 15.4. The zero-order chi connectivity index (χ0) is 17.2. The maximum atomic E-state index is 5.97. The maximum absolute atomic E-state index is 5.97. The smallest absolute Gasteiger partial charge is 0.138 e. The van der Waals surface area contributed by atoms with Crippen molar-refractivity contribution in [3.8, 4) is 17.1 Å². The Kier molecular flexibility index (Phi) is 3.98. The first-order valence-electron chi connectivity index (χ1n) is 8.41. The molecule has 5 heteroatoms. The van der Waals surface area contributed by atoms with E-state index in [4.69, 9.17) is 9.72 Å². The topological polar surface area (TPSA) is 55.7 Å². The van der Waals surface area contributed by atoms with Gasteiger partial charge >= 0.3 is 0 Å². The Morgan fingerprint density at radius 2 is 2.00 bits per heavy atom. The molecule has 25 heavy (non-hydrogen) atoms. The highest BCUT2D eigenvalue weighted by atomic mass is 16.5. The quantitative estimate of drug-likeness (QED) is 0.594. The summed E-state index contributed by atoms with van der Waals surface area (Å²) >= 11 is 0. The highest BCUT2D eigenvalue weighted by molar-refractivity contribution is 5.79. The maximum Gasteiger partial charge on any atom is 0.138 e. The first-order chi connectivity index (χ1) is 12.2. The van der Waals surface area contributed by atoms with Crippen LogP contribution >= 0.6 is 0 Å². The summed E-state index contributed by atoms with van der Waals surface area (Å²) in [6, 6.07) is 16.2. The number of benzene rings is 2. The minimum Gasteiger partial charge on any atom is -0.491 e. The summed E-state index contributed by atoms with van der Waals surface area (Å²) in [7, 11) is 0. The number of H-pyrrole nitrogens is 1. The summed E-state index contributed by atoms with van der Waals surface area (Å²) in [5.41, 5.74) is 4.12. The molecule has 126 valence electrons. The van der Waals surface area contributed by atoms with Crippen LogP contribution < -0.4 is 4.74 Å². The fourth-order valence-corrected chi connectivity index (χ4v) is 2.88. The van der Waals surface area contributed by atoms with Gasteiger partial charge in [-0.3, -0.25) is 4.68 Å². The third-order valence-electron chi connectivity index (χ3n) is 3.98. The Bertz CT molecular complexity index is 953. The van der Waals surface area contributed by atoms with Crippen LogP contribution in [0.25, 0.3) is 22.4 Å². The molecule has 2 heterocycles. The molecule has 1 N–H and O–H groups in total. The van der Waals surface area contributed by atoms with Crippen molar-refractivity contribution in [1.82, 2.24) is 19.7 Å². The van der Waals surface area contributed by atoms with E-state index in [1.165, 1.54) is 0 Å². The van der Waals surface area contributed by atoms with Crippen LogP contribution in [0.2, 0.25) is 0 Å². The van der Waals surface area contributed by atoms with Gasteiger partial charge in [0.2, 0.25) is 0 Å². The molecule has 0 aliphatic heterocycles. The fraction of sp³-hybridized carbons (Fsp3) is 0.200. The normalized spacial score (nSPS) is 11.3. The van der Waals surface area contributed by atoms with Gasteiger partial charge in [0.15, 0.2) is 0 Å². The standard InChI is InChI=1S/C20H20N4O/c1-14(2)25-19-9-8-15(12-16(19)13-24-11-5-10-21-24)20-22-17-6-3-4-7-18(17)23-20/h3-12,14H,13H2,1-2H3,(H,22,23). The van der Waals surface area contributed by atoms with Gasteiger partial charge in [0.05, 0.1) is 23.7 Å². The molecule has 0 amide bonds. The Morgan fingerprint density at radius 3 is 2.76 bits per heavy atom. The molecule has 0 aliphatic rings. The van der Waals surface area contributed by atoms with Crippen LogP contribution in [0.1, 0.15) is 19.4 Å². The van der Waals surface area contributed by atoms with E-state index in [0.29, 0.717) is 6.54 Å². The fourth-order valence-electron chi connectivity index (χ4n) is 2.88. The van der Waals surface area contributed by atoms with Crippen molar-refractivity contribution in [3.05, 3.63) is 66.5 Å². The van der Waals surface area contributed by atoms with E-state index in [2.05, 4.69) is 16.1 Å². The van der Waals surface area contributed by atoms with Crippen LogP contribution in [0.15, 0.2) is 60.9 Å². The number of ether oxygens (including phenoxy) is 1. The molecule has 0 saturated carbocycles. The van der Waals surface area contributed by atoms with Gasteiger partial charge in [-0.15, -0.1) is 0 Å². The molecule has 0 radical (unpaired) electrons. The molecule has 0 spiro atoms. The average Bonchev–Trinajstić information content (AvgIpc) is 3.25. The zero-order valence-corrected chi connectivity index (χ0v) is 14.3. The molecule has 5 nitrogen and oxygen atoms in total. The van der Waals surface area contributed by atoms with E-state index >= 15 is 0 Å². The first-order valence-corrected chi connectivity index (χ1v) is 8.41. The predicted octanol–water partition coefficient (Wildman–Crippen LogP) is 4.26. The Labute approximate surface area is 146 Å². The van der Waals surface area contributed by atoms with Crippen molar-refractivity contribution < 1.29 is 4.74 Å². The molecule has 0 saturated heterocycles. The van der Waals surface area contributed by atoms with Crippen LogP contribution in [0.3, 0.4) is 0 Å². The van der Waals surface area contributed by atoms with Gasteiger partial charge < -0.3 is 9.72 Å². The highest BCUT2D eigenvalue weighted by Crippen LogP contribution is 2.28. The lowest BCUT2D eigenvalue weighted by Gasteiger charge is -2.15. The zero-order valence-electron chi connectivity index (χ0n) is 14.3. The largest absolute Gasteiger partial charge is 0.491 e. The Balaban J connectivity index is 1.75. The van der Waals surface area contributed by atoms with E-state index in [1.807, 2.05) is 67.2 Å². The molecule has 4 aromatic rings. The molecule has 2 aromatic heterocycles. The molecule has 4 rings (SSSR count). The van der Waals surface area contributed by atoms with Crippen LogP contribution in [-0.4, -0.2) is 25.9 Å². The summed E-state index contributed by atoms with van der Waals surface area (Å²) in [4.78, 5) is 8.08. The van der Waals surface area contributed by atoms with Gasteiger partial charge in [-0.2, -0.15) is 5.10 Å². The van der Waals surface area contributed by atoms with Crippen LogP contribution in [-0.2, 0) is 6.54 Å². The number of imidazole rings is 1. The van der Waals surface area contributed by atoms with E-state index < -0.39 is 0 Å². The second-order valence-corrected chi connectivity index (χ2v) is 6.30. The van der Waals surface area contributed by atoms with Crippen LogP contribution in [0, 0.1) is 0 Å². The average molecular weight is 332 g/mol. The van der Waals surface area contributed by atoms with Crippen molar-refractivity contribution >= 4 is 11.0 Å². The second kappa shape index (κ2) is 6.43. The van der Waals surface area contributed by atoms with Gasteiger partial charge in [-0.1, -0.05) is 12.1 Å². The summed E-state index contributed by atoms with van der Waals surface area (Å²) < 4.78 is 7.87. The predicted molar refractivity (Wildman–Crippen MR) is 98.6 cm³/mol. The lowest BCUT2D eigenvalue weighted by molar-refractivity contribution is 0.239. The third-order valence-corrected chi connectivity index (χ3v) is 3.98. The minimum atomic E-state index is 0.119. The second-order valence-electron chi connectivity index (χ2n) is 6.30. The monoisotopic (exact) mass is 332 g/mol. The summed E-state index contributed by atoms with van der Waals surface area (Å²) in [6.07, 6.45) is 3.85. The Hall–Kier alpha value is -3.08. The number of aromatic nitrogens is 4. The molecule has 0 bridgehead atoms. The molecular weight excluding hydrogens is 312 g/mol. The number of nitrogens with one attached hydrogen (secondary N) is 1. The number of hydrogen-bond donors (Lipinski definition) is 1. The van der Waals surface area contributed by atoms with Gasteiger partial charge in [-0.25, -0.2) is 4.98 Å². The number of aromatic amines is 1. The molecule has 2 aromatic carbocycles. The summed E-state index contributed by atoms with van der Waals surface area (Å²) in [6.45, 7) is 4.72. The highest BCUT2D eigenvalue weighted by Gasteiger charge is 2.11. The summed E-state index contributed by atoms with van der Waals surface area (Å²) in [5.74, 6) is 1.74. The third kappa shape index (κ3) is 3.26. The van der Waals surface area contributed by atoms with Crippen molar-refractivity contribution in [2.45, 2.75) is 26.5 Å². The van der Waals surface area contributed by atoms with Gasteiger partial charge in [0.25, 0.3) is 0 Å². The lowest BCUT2D eigenvalue weighted by atomic mass is 10.1.